The van der Waals surface area contributed by atoms with Crippen LogP contribution in [-0.2, 0) is 4.79 Å². The zero-order valence-electron chi connectivity index (χ0n) is 14.8. The monoisotopic (exact) mass is 386 g/mol. The molecule has 0 unspecified atom stereocenters. The molecule has 4 rings (SSSR count). The second-order valence-electron chi connectivity index (χ2n) is 6.50. The van der Waals surface area contributed by atoms with Crippen LogP contribution < -0.4 is 0 Å². The summed E-state index contributed by atoms with van der Waals surface area (Å²) in [6.07, 6.45) is 4.30. The number of rotatable bonds is 7. The number of carbonyl (C=O) groups is 1. The number of carboxylic acids is 1. The van der Waals surface area contributed by atoms with E-state index in [1.165, 1.54) is 4.68 Å². The molecule has 0 amide bonds. The Hall–Kier alpha value is -2.81. The zero-order chi connectivity index (χ0) is 19.0. The van der Waals surface area contributed by atoms with E-state index in [0.29, 0.717) is 34.3 Å². The summed E-state index contributed by atoms with van der Waals surface area (Å²) in [4.78, 5) is 10.9. The molecule has 0 spiro atoms. The number of carboxylic acid groups (broad SMARTS) is 1. The predicted molar refractivity (Wildman–Crippen MR) is 99.0 cm³/mol. The fraction of sp³-hybridized carbons (Fsp3) is 0.333. The van der Waals surface area contributed by atoms with Crippen molar-refractivity contribution in [1.82, 2.24) is 14.9 Å². The van der Waals surface area contributed by atoms with Crippen LogP contribution in [0.15, 0.2) is 43.6 Å². The summed E-state index contributed by atoms with van der Waals surface area (Å²) in [5.74, 6) is 2.84. The van der Waals surface area contributed by atoms with Gasteiger partial charge < -0.3 is 13.9 Å². The first-order valence-electron chi connectivity index (χ1n) is 8.51. The molecule has 0 aliphatic heterocycles. The van der Waals surface area contributed by atoms with Gasteiger partial charge in [-0.25, -0.2) is 0 Å². The van der Waals surface area contributed by atoms with E-state index in [2.05, 4.69) is 22.2 Å². The Morgan fingerprint density at radius 2 is 2.26 bits per heavy atom. The minimum atomic E-state index is -0.936. The van der Waals surface area contributed by atoms with Crippen molar-refractivity contribution in [3.63, 3.8) is 0 Å². The number of furan rings is 2. The van der Waals surface area contributed by atoms with Gasteiger partial charge >= 0.3 is 5.97 Å². The number of nitrogens with zero attached hydrogens (tertiary/aromatic N) is 4. The first kappa shape index (κ1) is 17.6. The topological polar surface area (TPSA) is 107 Å². The average Bonchev–Trinajstić information content (AvgIpc) is 3.03. The Morgan fingerprint density at radius 3 is 2.93 bits per heavy atom. The van der Waals surface area contributed by atoms with Crippen LogP contribution in [0.3, 0.4) is 0 Å². The molecular weight excluding hydrogens is 368 g/mol. The Morgan fingerprint density at radius 1 is 1.44 bits per heavy atom. The third-order valence-electron chi connectivity index (χ3n) is 4.46. The van der Waals surface area contributed by atoms with Gasteiger partial charge in [0.05, 0.1) is 23.8 Å². The van der Waals surface area contributed by atoms with Gasteiger partial charge in [0, 0.05) is 5.92 Å². The number of hydrogen-bond acceptors (Lipinski definition) is 7. The lowest BCUT2D eigenvalue weighted by Gasteiger charge is -2.02. The van der Waals surface area contributed by atoms with Crippen LogP contribution in [0.25, 0.3) is 11.4 Å². The minimum Gasteiger partial charge on any atom is -0.481 e. The maximum Gasteiger partial charge on any atom is 0.313 e. The lowest BCUT2D eigenvalue weighted by Crippen LogP contribution is -2.01. The molecule has 3 heterocycles. The van der Waals surface area contributed by atoms with E-state index in [-0.39, 0.29) is 5.75 Å². The standard InChI is InChI=1S/C18H18N4O4S/c1-10-7-14(10)15-4-3-12(26-15)8-19-22-17(13-5-6-25-11(13)2)20-21-18(22)27-9-16(23)24/h3-6,8,10,14H,7,9H2,1-2H3,(H,23,24)/b19-8-/t10-,14+/m1/s1. The van der Waals surface area contributed by atoms with Gasteiger partial charge in [0.25, 0.3) is 0 Å². The number of hydrogen-bond donors (Lipinski definition) is 1. The van der Waals surface area contributed by atoms with Crippen molar-refractivity contribution in [1.29, 1.82) is 0 Å². The second kappa shape index (κ2) is 7.07. The molecule has 1 fully saturated rings. The lowest BCUT2D eigenvalue weighted by molar-refractivity contribution is -0.133. The van der Waals surface area contributed by atoms with Crippen LogP contribution in [0, 0.1) is 12.8 Å². The van der Waals surface area contributed by atoms with E-state index in [1.807, 2.05) is 19.1 Å². The number of thioether (sulfide) groups is 1. The van der Waals surface area contributed by atoms with Crippen molar-refractivity contribution in [2.24, 2.45) is 11.0 Å². The predicted octanol–water partition coefficient (Wildman–Crippen LogP) is 3.62. The molecule has 9 heteroatoms. The van der Waals surface area contributed by atoms with Crippen LogP contribution in [0.4, 0.5) is 0 Å². The lowest BCUT2D eigenvalue weighted by atomic mass is 10.2. The molecule has 0 aromatic carbocycles. The summed E-state index contributed by atoms with van der Waals surface area (Å²) in [5.41, 5.74) is 0.744. The van der Waals surface area contributed by atoms with Crippen molar-refractivity contribution in [2.45, 2.75) is 31.3 Å². The molecule has 8 nitrogen and oxygen atoms in total. The van der Waals surface area contributed by atoms with Gasteiger partial charge in [-0.15, -0.1) is 10.2 Å². The normalized spacial score (nSPS) is 19.0. The molecule has 0 bridgehead atoms. The fourth-order valence-electron chi connectivity index (χ4n) is 2.84. The van der Waals surface area contributed by atoms with Crippen molar-refractivity contribution in [3.05, 3.63) is 41.7 Å². The maximum absolute atomic E-state index is 10.9. The molecule has 140 valence electrons. The highest BCUT2D eigenvalue weighted by molar-refractivity contribution is 7.99. The highest BCUT2D eigenvalue weighted by Crippen LogP contribution is 2.47. The molecule has 1 N–H and O–H groups in total. The van der Waals surface area contributed by atoms with Crippen LogP contribution in [0.5, 0.6) is 0 Å². The quantitative estimate of drug-likeness (QED) is 0.488. The SMILES string of the molecule is Cc1occc1-c1nnc(SCC(=O)O)n1/N=C\c1ccc([C@H]2C[C@H]2C)o1. The summed E-state index contributed by atoms with van der Waals surface area (Å²) in [6.45, 7) is 4.02. The van der Waals surface area contributed by atoms with Gasteiger partial charge in [-0.05, 0) is 37.5 Å². The van der Waals surface area contributed by atoms with Gasteiger partial charge in [-0.3, -0.25) is 4.79 Å². The van der Waals surface area contributed by atoms with Gasteiger partial charge in [0.15, 0.2) is 5.82 Å². The van der Waals surface area contributed by atoms with Crippen LogP contribution in [-0.4, -0.2) is 37.9 Å². The Bertz CT molecular complexity index is 1000. The molecule has 2 atom stereocenters. The summed E-state index contributed by atoms with van der Waals surface area (Å²) < 4.78 is 12.7. The van der Waals surface area contributed by atoms with Crippen molar-refractivity contribution in [2.75, 3.05) is 5.75 Å². The van der Waals surface area contributed by atoms with Crippen LogP contribution in [0.2, 0.25) is 0 Å². The second-order valence-corrected chi connectivity index (χ2v) is 7.44. The number of aryl methyl sites for hydroxylation is 1. The Balaban J connectivity index is 1.64. The largest absolute Gasteiger partial charge is 0.481 e. The minimum absolute atomic E-state index is 0.136. The average molecular weight is 386 g/mol. The molecule has 27 heavy (non-hydrogen) atoms. The summed E-state index contributed by atoms with van der Waals surface area (Å²) in [6, 6.07) is 5.63. The molecule has 3 aromatic heterocycles. The molecular formula is C18H18N4O4S. The Kier molecular flexibility index (Phi) is 4.61. The number of aromatic nitrogens is 3. The van der Waals surface area contributed by atoms with Crippen molar-refractivity contribution < 1.29 is 18.7 Å². The van der Waals surface area contributed by atoms with Gasteiger partial charge in [-0.2, -0.15) is 9.78 Å². The smallest absolute Gasteiger partial charge is 0.313 e. The van der Waals surface area contributed by atoms with E-state index in [4.69, 9.17) is 13.9 Å². The molecule has 3 aromatic rings. The third kappa shape index (κ3) is 3.68. The van der Waals surface area contributed by atoms with Gasteiger partial charge in [-0.1, -0.05) is 18.7 Å². The van der Waals surface area contributed by atoms with E-state index < -0.39 is 5.97 Å². The van der Waals surface area contributed by atoms with Crippen LogP contribution in [0.1, 0.15) is 36.5 Å². The maximum atomic E-state index is 10.9. The molecule has 0 radical (unpaired) electrons. The Labute approximate surface area is 159 Å². The molecule has 0 saturated heterocycles. The van der Waals surface area contributed by atoms with Crippen molar-refractivity contribution >= 4 is 23.9 Å². The summed E-state index contributed by atoms with van der Waals surface area (Å²) in [5, 5.41) is 22.0. The first-order valence-corrected chi connectivity index (χ1v) is 9.50. The van der Waals surface area contributed by atoms with Gasteiger partial charge in [0.1, 0.15) is 17.3 Å². The number of aliphatic carboxylic acids is 1. The van der Waals surface area contributed by atoms with E-state index in [0.717, 1.165) is 29.5 Å². The van der Waals surface area contributed by atoms with E-state index in [1.54, 1.807) is 18.5 Å². The van der Waals surface area contributed by atoms with Gasteiger partial charge in [0.2, 0.25) is 5.16 Å². The molecule has 1 aliphatic carbocycles. The summed E-state index contributed by atoms with van der Waals surface area (Å²) >= 11 is 1.05. The van der Waals surface area contributed by atoms with Crippen LogP contribution >= 0.6 is 11.8 Å². The highest BCUT2D eigenvalue weighted by Gasteiger charge is 2.36. The molecule has 1 saturated carbocycles. The fourth-order valence-corrected chi connectivity index (χ4v) is 3.45. The summed E-state index contributed by atoms with van der Waals surface area (Å²) in [7, 11) is 0. The molecule has 1 aliphatic rings. The zero-order valence-corrected chi connectivity index (χ0v) is 15.6. The van der Waals surface area contributed by atoms with E-state index >= 15 is 0 Å². The highest BCUT2D eigenvalue weighted by atomic mass is 32.2. The van der Waals surface area contributed by atoms with Crippen molar-refractivity contribution in [3.8, 4) is 11.4 Å². The first-order chi connectivity index (χ1) is 13.0. The third-order valence-corrected chi connectivity index (χ3v) is 5.36. The van der Waals surface area contributed by atoms with E-state index in [9.17, 15) is 4.79 Å².